The number of hydrogen-bond acceptors (Lipinski definition) is 4. The van der Waals surface area contributed by atoms with Crippen molar-refractivity contribution in [3.63, 3.8) is 0 Å². The fourth-order valence-corrected chi connectivity index (χ4v) is 2.86. The summed E-state index contributed by atoms with van der Waals surface area (Å²) in [4.78, 5) is 13.2. The van der Waals surface area contributed by atoms with Gasteiger partial charge in [0.15, 0.2) is 0 Å². The molecule has 0 radical (unpaired) electrons. The molecule has 1 unspecified atom stereocenters. The normalized spacial score (nSPS) is 28.6. The summed E-state index contributed by atoms with van der Waals surface area (Å²) >= 11 is 0. The minimum absolute atomic E-state index is 0.286. The van der Waals surface area contributed by atoms with Gasteiger partial charge in [0, 0.05) is 26.2 Å². The van der Waals surface area contributed by atoms with Crippen LogP contribution >= 0.6 is 0 Å². The van der Waals surface area contributed by atoms with E-state index in [4.69, 9.17) is 9.84 Å². The second kappa shape index (κ2) is 7.96. The highest BCUT2D eigenvalue weighted by Crippen LogP contribution is 2.33. The van der Waals surface area contributed by atoms with Crippen molar-refractivity contribution >= 4 is 5.97 Å². The Hall–Kier alpha value is -0.650. The molecule has 0 heterocycles. The lowest BCUT2D eigenvalue weighted by Crippen LogP contribution is -2.49. The zero-order valence-electron chi connectivity index (χ0n) is 13.0. The lowest BCUT2D eigenvalue weighted by atomic mass is 9.78. The Morgan fingerprint density at radius 2 is 2.05 bits per heavy atom. The van der Waals surface area contributed by atoms with Gasteiger partial charge in [-0.15, -0.1) is 0 Å². The smallest absolute Gasteiger partial charge is 0.306 e. The van der Waals surface area contributed by atoms with Gasteiger partial charge in [-0.2, -0.15) is 0 Å². The molecule has 5 heteroatoms. The van der Waals surface area contributed by atoms with Gasteiger partial charge >= 0.3 is 5.97 Å². The molecule has 118 valence electrons. The maximum atomic E-state index is 11.0. The van der Waals surface area contributed by atoms with Gasteiger partial charge in [-0.1, -0.05) is 6.92 Å². The van der Waals surface area contributed by atoms with Crippen LogP contribution in [0.15, 0.2) is 0 Å². The first-order valence-corrected chi connectivity index (χ1v) is 7.60. The average molecular weight is 287 g/mol. The first kappa shape index (κ1) is 17.4. The van der Waals surface area contributed by atoms with Crippen LogP contribution in [0.4, 0.5) is 0 Å². The molecule has 0 spiro atoms. The molecule has 20 heavy (non-hydrogen) atoms. The molecule has 1 aliphatic rings. The van der Waals surface area contributed by atoms with Gasteiger partial charge in [-0.3, -0.25) is 9.69 Å². The zero-order chi connectivity index (χ0) is 15.2. The van der Waals surface area contributed by atoms with Crippen LogP contribution in [0.5, 0.6) is 0 Å². The molecule has 2 N–H and O–H groups in total. The van der Waals surface area contributed by atoms with E-state index in [9.17, 15) is 9.90 Å². The van der Waals surface area contributed by atoms with E-state index in [1.807, 2.05) is 0 Å². The van der Waals surface area contributed by atoms with Crippen LogP contribution in [0.1, 0.15) is 46.0 Å². The Morgan fingerprint density at radius 1 is 1.45 bits per heavy atom. The number of methoxy groups -OCH3 is 1. The van der Waals surface area contributed by atoms with Crippen LogP contribution in [0.2, 0.25) is 0 Å². The predicted octanol–water partition coefficient (Wildman–Crippen LogP) is 1.74. The molecule has 0 aromatic heterocycles. The monoisotopic (exact) mass is 287 g/mol. The van der Waals surface area contributed by atoms with Crippen molar-refractivity contribution in [3.8, 4) is 0 Å². The number of carboxylic acid groups (broad SMARTS) is 1. The molecule has 0 aliphatic heterocycles. The molecule has 1 aliphatic carbocycles. The van der Waals surface area contributed by atoms with Gasteiger partial charge in [-0.25, -0.2) is 0 Å². The first-order chi connectivity index (χ1) is 9.41. The summed E-state index contributed by atoms with van der Waals surface area (Å²) in [5.41, 5.74) is -0.747. The van der Waals surface area contributed by atoms with Crippen molar-refractivity contribution in [2.45, 2.75) is 57.6 Å². The van der Waals surface area contributed by atoms with Crippen molar-refractivity contribution in [2.24, 2.45) is 5.92 Å². The maximum absolute atomic E-state index is 11.0. The molecule has 1 saturated carbocycles. The number of rotatable bonds is 8. The van der Waals surface area contributed by atoms with E-state index in [-0.39, 0.29) is 5.92 Å². The molecule has 0 aromatic rings. The lowest BCUT2D eigenvalue weighted by molar-refractivity contribution is -0.145. The fourth-order valence-electron chi connectivity index (χ4n) is 2.86. The Balaban J connectivity index is 2.56. The van der Waals surface area contributed by atoms with Gasteiger partial charge in [0.25, 0.3) is 0 Å². The Labute approximate surface area is 121 Å². The van der Waals surface area contributed by atoms with Gasteiger partial charge in [0.05, 0.1) is 18.1 Å². The SMILES string of the molecule is CCC(C)N(CCOC)CC1(O)CCC(C(=O)O)CC1. The van der Waals surface area contributed by atoms with E-state index in [1.54, 1.807) is 7.11 Å². The van der Waals surface area contributed by atoms with Crippen molar-refractivity contribution < 1.29 is 19.7 Å². The third-order valence-electron chi connectivity index (χ3n) is 4.56. The standard InChI is InChI=1S/C15H29NO4/c1-4-12(2)16(9-10-20-3)11-15(19)7-5-13(6-8-15)14(17)18/h12-13,19H,4-11H2,1-3H3,(H,17,18). The van der Waals surface area contributed by atoms with E-state index < -0.39 is 11.6 Å². The molecule has 0 saturated heterocycles. The van der Waals surface area contributed by atoms with Gasteiger partial charge in [0.1, 0.15) is 0 Å². The van der Waals surface area contributed by atoms with Crippen molar-refractivity contribution in [1.82, 2.24) is 4.90 Å². The number of hydrogen-bond donors (Lipinski definition) is 2. The molecule has 0 aromatic carbocycles. The minimum Gasteiger partial charge on any atom is -0.481 e. The number of nitrogens with zero attached hydrogens (tertiary/aromatic N) is 1. The third-order valence-corrected chi connectivity index (χ3v) is 4.56. The highest BCUT2D eigenvalue weighted by molar-refractivity contribution is 5.70. The van der Waals surface area contributed by atoms with Gasteiger partial charge in [-0.05, 0) is 39.0 Å². The predicted molar refractivity (Wildman–Crippen MR) is 77.7 cm³/mol. The van der Waals surface area contributed by atoms with Crippen molar-refractivity contribution in [1.29, 1.82) is 0 Å². The highest BCUT2D eigenvalue weighted by Gasteiger charge is 2.37. The fraction of sp³-hybridized carbons (Fsp3) is 0.933. The van der Waals surface area contributed by atoms with E-state index in [0.29, 0.717) is 44.9 Å². The van der Waals surface area contributed by atoms with Crippen LogP contribution in [0, 0.1) is 5.92 Å². The highest BCUT2D eigenvalue weighted by atomic mass is 16.5. The Bertz CT molecular complexity index is 300. The second-order valence-electron chi connectivity index (χ2n) is 6.06. The molecule has 0 amide bonds. The molecule has 0 bridgehead atoms. The Morgan fingerprint density at radius 3 is 2.50 bits per heavy atom. The van der Waals surface area contributed by atoms with E-state index >= 15 is 0 Å². The van der Waals surface area contributed by atoms with Crippen LogP contribution in [0.25, 0.3) is 0 Å². The summed E-state index contributed by atoms with van der Waals surface area (Å²) in [6.45, 7) is 6.35. The van der Waals surface area contributed by atoms with Crippen LogP contribution < -0.4 is 0 Å². The van der Waals surface area contributed by atoms with Gasteiger partial charge in [0.2, 0.25) is 0 Å². The number of aliphatic carboxylic acids is 1. The van der Waals surface area contributed by atoms with Crippen molar-refractivity contribution in [3.05, 3.63) is 0 Å². The molecule has 5 nitrogen and oxygen atoms in total. The number of carboxylic acids is 1. The van der Waals surface area contributed by atoms with Crippen LogP contribution in [-0.2, 0) is 9.53 Å². The Kier molecular flexibility index (Phi) is 6.92. The average Bonchev–Trinajstić information content (AvgIpc) is 2.43. The van der Waals surface area contributed by atoms with E-state index in [0.717, 1.165) is 13.0 Å². The molecular formula is C15H29NO4. The summed E-state index contributed by atoms with van der Waals surface area (Å²) in [5.74, 6) is -1.02. The summed E-state index contributed by atoms with van der Waals surface area (Å²) in [6, 6.07) is 0.395. The summed E-state index contributed by atoms with van der Waals surface area (Å²) in [7, 11) is 1.68. The summed E-state index contributed by atoms with van der Waals surface area (Å²) in [6.07, 6.45) is 3.32. The van der Waals surface area contributed by atoms with Gasteiger partial charge < -0.3 is 14.9 Å². The van der Waals surface area contributed by atoms with Crippen LogP contribution in [0.3, 0.4) is 0 Å². The quantitative estimate of drug-likeness (QED) is 0.711. The molecule has 1 atom stereocenters. The number of aliphatic hydroxyl groups is 1. The molecule has 1 rings (SSSR count). The number of ether oxygens (including phenoxy) is 1. The second-order valence-corrected chi connectivity index (χ2v) is 6.06. The van der Waals surface area contributed by atoms with E-state index in [2.05, 4.69) is 18.7 Å². The summed E-state index contributed by atoms with van der Waals surface area (Å²) in [5, 5.41) is 19.7. The molecular weight excluding hydrogens is 258 g/mol. The topological polar surface area (TPSA) is 70.0 Å². The largest absolute Gasteiger partial charge is 0.481 e. The maximum Gasteiger partial charge on any atom is 0.306 e. The molecule has 1 fully saturated rings. The first-order valence-electron chi connectivity index (χ1n) is 7.60. The lowest BCUT2D eigenvalue weighted by Gasteiger charge is -2.40. The van der Waals surface area contributed by atoms with Crippen LogP contribution in [-0.4, -0.2) is 59.5 Å². The van der Waals surface area contributed by atoms with Crippen molar-refractivity contribution in [2.75, 3.05) is 26.8 Å². The van der Waals surface area contributed by atoms with E-state index in [1.165, 1.54) is 0 Å². The minimum atomic E-state index is -0.747. The third kappa shape index (κ3) is 5.04. The zero-order valence-corrected chi connectivity index (χ0v) is 13.0. The summed E-state index contributed by atoms with van der Waals surface area (Å²) < 4.78 is 5.14. The number of carbonyl (C=O) groups is 1.